The Morgan fingerprint density at radius 2 is 1.66 bits per heavy atom. The van der Waals surface area contributed by atoms with Crippen molar-refractivity contribution >= 4 is 23.2 Å². The molecule has 2 amide bonds. The predicted octanol–water partition coefficient (Wildman–Crippen LogP) is 6.60. The number of benzene rings is 3. The van der Waals surface area contributed by atoms with Gasteiger partial charge in [0, 0.05) is 30.9 Å². The molecule has 0 unspecified atom stereocenters. The highest BCUT2D eigenvalue weighted by atomic mass is 19.4. The molecule has 1 aromatic heterocycles. The Morgan fingerprint density at radius 1 is 0.895 bits per heavy atom. The first-order valence-electron chi connectivity index (χ1n) is 11.7. The number of hydrogen-bond donors (Lipinski definition) is 2. The van der Waals surface area contributed by atoms with Gasteiger partial charge in [0.15, 0.2) is 0 Å². The van der Waals surface area contributed by atoms with E-state index >= 15 is 0 Å². The van der Waals surface area contributed by atoms with E-state index in [1.807, 2.05) is 18.2 Å². The van der Waals surface area contributed by atoms with Crippen molar-refractivity contribution in [3.8, 4) is 16.9 Å². The fourth-order valence-corrected chi connectivity index (χ4v) is 3.92. The molecule has 3 aromatic carbocycles. The minimum absolute atomic E-state index is 0.148. The van der Waals surface area contributed by atoms with Gasteiger partial charge in [0.1, 0.15) is 5.75 Å². The summed E-state index contributed by atoms with van der Waals surface area (Å²) in [4.78, 5) is 29.3. The molecule has 0 saturated carbocycles. The Balaban J connectivity index is 1.62. The maximum atomic E-state index is 13.9. The van der Waals surface area contributed by atoms with Crippen molar-refractivity contribution in [2.45, 2.75) is 19.5 Å². The van der Waals surface area contributed by atoms with Crippen LogP contribution in [0.3, 0.4) is 0 Å². The van der Waals surface area contributed by atoms with Gasteiger partial charge in [-0.15, -0.1) is 0 Å². The quantitative estimate of drug-likeness (QED) is 0.275. The van der Waals surface area contributed by atoms with Gasteiger partial charge in [-0.2, -0.15) is 13.2 Å². The van der Waals surface area contributed by atoms with Gasteiger partial charge < -0.3 is 15.4 Å². The molecule has 0 spiro atoms. The van der Waals surface area contributed by atoms with Crippen LogP contribution in [-0.4, -0.2) is 23.4 Å². The summed E-state index contributed by atoms with van der Waals surface area (Å²) in [5, 5.41) is 5.19. The SMILES string of the molecule is CC(=O)Nc1cc(NC(=O)c2c(-c3ccccc3)cccc2C(F)(F)F)ccc1OCCc1ccccn1. The third-order valence-electron chi connectivity index (χ3n) is 5.57. The number of carbonyl (C=O) groups excluding carboxylic acids is 2. The van der Waals surface area contributed by atoms with Gasteiger partial charge in [-0.05, 0) is 47.5 Å². The minimum Gasteiger partial charge on any atom is -0.491 e. The molecule has 0 radical (unpaired) electrons. The summed E-state index contributed by atoms with van der Waals surface area (Å²) in [6, 6.07) is 22.0. The maximum Gasteiger partial charge on any atom is 0.417 e. The van der Waals surface area contributed by atoms with E-state index in [4.69, 9.17) is 4.74 Å². The number of hydrogen-bond acceptors (Lipinski definition) is 4. The van der Waals surface area contributed by atoms with Crippen molar-refractivity contribution < 1.29 is 27.5 Å². The molecule has 194 valence electrons. The van der Waals surface area contributed by atoms with Crippen LogP contribution in [-0.2, 0) is 17.4 Å². The monoisotopic (exact) mass is 519 g/mol. The second-order valence-corrected chi connectivity index (χ2v) is 8.36. The number of halogens is 3. The van der Waals surface area contributed by atoms with Crippen molar-refractivity contribution in [2.75, 3.05) is 17.2 Å². The van der Waals surface area contributed by atoms with Crippen LogP contribution in [0.25, 0.3) is 11.1 Å². The standard InChI is InChI=1S/C29H24F3N3O3/c1-19(36)34-25-18-22(13-14-26(25)38-17-15-21-10-5-6-16-33-21)35-28(37)27-23(20-8-3-2-4-9-20)11-7-12-24(27)29(30,31)32/h2-14,16,18H,15,17H2,1H3,(H,34,36)(H,35,37). The molecule has 4 rings (SSSR count). The first kappa shape index (κ1) is 26.4. The zero-order valence-electron chi connectivity index (χ0n) is 20.4. The lowest BCUT2D eigenvalue weighted by Crippen LogP contribution is -2.20. The lowest BCUT2D eigenvalue weighted by Gasteiger charge is -2.18. The van der Waals surface area contributed by atoms with E-state index in [1.165, 1.54) is 37.3 Å². The summed E-state index contributed by atoms with van der Waals surface area (Å²) < 4.78 is 47.5. The summed E-state index contributed by atoms with van der Waals surface area (Å²) in [6.45, 7) is 1.59. The molecule has 0 aliphatic rings. The van der Waals surface area contributed by atoms with Gasteiger partial charge in [-0.25, -0.2) is 0 Å². The number of rotatable bonds is 8. The molecule has 6 nitrogen and oxygen atoms in total. The molecule has 0 bridgehead atoms. The van der Waals surface area contributed by atoms with E-state index in [1.54, 1.807) is 36.5 Å². The molecule has 38 heavy (non-hydrogen) atoms. The number of pyridine rings is 1. The van der Waals surface area contributed by atoms with Gasteiger partial charge in [-0.3, -0.25) is 14.6 Å². The fraction of sp³-hybridized carbons (Fsp3) is 0.138. The molecule has 0 aliphatic carbocycles. The largest absolute Gasteiger partial charge is 0.491 e. The summed E-state index contributed by atoms with van der Waals surface area (Å²) in [7, 11) is 0. The number of nitrogens with zero attached hydrogens (tertiary/aromatic N) is 1. The Bertz CT molecular complexity index is 1430. The first-order chi connectivity index (χ1) is 18.2. The normalized spacial score (nSPS) is 11.1. The van der Waals surface area contributed by atoms with Crippen molar-refractivity contribution in [2.24, 2.45) is 0 Å². The maximum absolute atomic E-state index is 13.9. The highest BCUT2D eigenvalue weighted by Crippen LogP contribution is 2.37. The molecular formula is C29H24F3N3O3. The third-order valence-corrected chi connectivity index (χ3v) is 5.57. The summed E-state index contributed by atoms with van der Waals surface area (Å²) in [6.07, 6.45) is -2.55. The van der Waals surface area contributed by atoms with Gasteiger partial charge in [0.05, 0.1) is 23.4 Å². The Hall–Kier alpha value is -4.66. The highest BCUT2D eigenvalue weighted by Gasteiger charge is 2.36. The second-order valence-electron chi connectivity index (χ2n) is 8.36. The fourth-order valence-electron chi connectivity index (χ4n) is 3.92. The molecule has 9 heteroatoms. The zero-order chi connectivity index (χ0) is 27.1. The van der Waals surface area contributed by atoms with E-state index in [0.29, 0.717) is 17.7 Å². The lowest BCUT2D eigenvalue weighted by molar-refractivity contribution is -0.137. The Kier molecular flexibility index (Phi) is 8.06. The van der Waals surface area contributed by atoms with Crippen molar-refractivity contribution in [3.05, 3.63) is 108 Å². The number of carbonyl (C=O) groups is 2. The molecule has 0 fully saturated rings. The van der Waals surface area contributed by atoms with Crippen LogP contribution < -0.4 is 15.4 Å². The molecule has 0 aliphatic heterocycles. The minimum atomic E-state index is -4.75. The van der Waals surface area contributed by atoms with Crippen molar-refractivity contribution in [3.63, 3.8) is 0 Å². The average Bonchev–Trinajstić information content (AvgIpc) is 2.89. The van der Waals surface area contributed by atoms with E-state index in [0.717, 1.165) is 11.8 Å². The molecule has 1 heterocycles. The van der Waals surface area contributed by atoms with Gasteiger partial charge in [0.2, 0.25) is 5.91 Å². The zero-order valence-corrected chi connectivity index (χ0v) is 20.4. The summed E-state index contributed by atoms with van der Waals surface area (Å²) in [5.41, 5.74) is 0.357. The third kappa shape index (κ3) is 6.56. The number of ether oxygens (including phenoxy) is 1. The Labute approximate surface area is 217 Å². The highest BCUT2D eigenvalue weighted by molar-refractivity contribution is 6.10. The van der Waals surface area contributed by atoms with E-state index in [2.05, 4.69) is 15.6 Å². The number of aromatic nitrogens is 1. The smallest absolute Gasteiger partial charge is 0.417 e. The number of anilines is 2. The molecular weight excluding hydrogens is 495 g/mol. The summed E-state index contributed by atoms with van der Waals surface area (Å²) in [5.74, 6) is -0.971. The van der Waals surface area contributed by atoms with Crippen molar-refractivity contribution in [1.29, 1.82) is 0 Å². The lowest BCUT2D eigenvalue weighted by atomic mass is 9.94. The molecule has 0 atom stereocenters. The van der Waals surface area contributed by atoms with Crippen molar-refractivity contribution in [1.82, 2.24) is 4.98 Å². The Morgan fingerprint density at radius 3 is 2.34 bits per heavy atom. The van der Waals surface area contributed by atoms with Crippen LogP contribution in [0.5, 0.6) is 5.75 Å². The number of alkyl halides is 3. The van der Waals surface area contributed by atoms with E-state index < -0.39 is 23.2 Å². The van der Waals surface area contributed by atoms with Crippen LogP contribution in [0.4, 0.5) is 24.5 Å². The van der Waals surface area contributed by atoms with Gasteiger partial charge >= 0.3 is 6.18 Å². The van der Waals surface area contributed by atoms with Crippen LogP contribution >= 0.6 is 0 Å². The van der Waals surface area contributed by atoms with Crippen LogP contribution in [0.2, 0.25) is 0 Å². The van der Waals surface area contributed by atoms with E-state index in [9.17, 15) is 22.8 Å². The first-order valence-corrected chi connectivity index (χ1v) is 11.7. The number of nitrogens with one attached hydrogen (secondary N) is 2. The van der Waals surface area contributed by atoms with Gasteiger partial charge in [0.25, 0.3) is 5.91 Å². The topological polar surface area (TPSA) is 80.3 Å². The second kappa shape index (κ2) is 11.6. The van der Waals surface area contributed by atoms with E-state index in [-0.39, 0.29) is 29.5 Å². The summed E-state index contributed by atoms with van der Waals surface area (Å²) >= 11 is 0. The van der Waals surface area contributed by atoms with Gasteiger partial charge in [-0.1, -0.05) is 48.5 Å². The number of amides is 2. The van der Waals surface area contributed by atoms with Crippen LogP contribution in [0, 0.1) is 0 Å². The molecule has 2 N–H and O–H groups in total. The van der Waals surface area contributed by atoms with Crippen LogP contribution in [0.1, 0.15) is 28.5 Å². The molecule has 4 aromatic rings. The average molecular weight is 520 g/mol. The van der Waals surface area contributed by atoms with Crippen LogP contribution in [0.15, 0.2) is 91.1 Å². The predicted molar refractivity (Wildman–Crippen MR) is 139 cm³/mol. The molecule has 0 saturated heterocycles.